The Balaban J connectivity index is 1.60. The van der Waals surface area contributed by atoms with E-state index in [2.05, 4.69) is 10.2 Å². The van der Waals surface area contributed by atoms with Gasteiger partial charge in [0, 0.05) is 11.9 Å². The van der Waals surface area contributed by atoms with Gasteiger partial charge in [-0.05, 0) is 32.6 Å². The van der Waals surface area contributed by atoms with Crippen molar-refractivity contribution in [1.82, 2.24) is 10.2 Å². The number of thioether (sulfide) groups is 1. The van der Waals surface area contributed by atoms with Crippen molar-refractivity contribution in [1.29, 1.82) is 0 Å². The zero-order valence-corrected chi connectivity index (χ0v) is 13.0. The quantitative estimate of drug-likeness (QED) is 0.791. The predicted molar refractivity (Wildman–Crippen MR) is 76.3 cm³/mol. The van der Waals surface area contributed by atoms with Gasteiger partial charge < -0.3 is 13.9 Å². The first-order valence-electron chi connectivity index (χ1n) is 7.52. The van der Waals surface area contributed by atoms with Gasteiger partial charge in [-0.1, -0.05) is 29.7 Å². The van der Waals surface area contributed by atoms with Crippen LogP contribution in [-0.2, 0) is 9.47 Å². The number of ether oxygens (including phenoxy) is 2. The van der Waals surface area contributed by atoms with Crippen LogP contribution in [0.25, 0.3) is 0 Å². The average molecular weight is 312 g/mol. The van der Waals surface area contributed by atoms with E-state index in [9.17, 15) is 4.79 Å². The van der Waals surface area contributed by atoms with Crippen LogP contribution >= 0.6 is 11.8 Å². The van der Waals surface area contributed by atoms with E-state index in [4.69, 9.17) is 13.9 Å². The SMILES string of the molecule is CCOC(=O)c1nnc(SC2CCOC3(CCCC3)C2)o1. The summed E-state index contributed by atoms with van der Waals surface area (Å²) < 4.78 is 16.2. The lowest BCUT2D eigenvalue weighted by Crippen LogP contribution is -2.38. The van der Waals surface area contributed by atoms with Gasteiger partial charge in [0.05, 0.1) is 12.2 Å². The lowest BCUT2D eigenvalue weighted by atomic mass is 9.92. The summed E-state index contributed by atoms with van der Waals surface area (Å²) in [4.78, 5) is 11.5. The van der Waals surface area contributed by atoms with Crippen LogP contribution in [0, 0.1) is 0 Å². The van der Waals surface area contributed by atoms with Crippen molar-refractivity contribution < 1.29 is 18.7 Å². The molecule has 1 spiro atoms. The second-order valence-corrected chi connectivity index (χ2v) is 6.82. The van der Waals surface area contributed by atoms with Crippen molar-refractivity contribution in [2.24, 2.45) is 0 Å². The molecule has 0 aromatic carbocycles. The van der Waals surface area contributed by atoms with Crippen molar-refractivity contribution in [2.45, 2.75) is 61.5 Å². The third-order valence-electron chi connectivity index (χ3n) is 4.09. The molecule has 2 aliphatic rings. The summed E-state index contributed by atoms with van der Waals surface area (Å²) >= 11 is 1.55. The fourth-order valence-corrected chi connectivity index (χ4v) is 4.23. The molecule has 116 valence electrons. The molecular weight excluding hydrogens is 292 g/mol. The molecule has 1 unspecified atom stereocenters. The Morgan fingerprint density at radius 2 is 2.24 bits per heavy atom. The highest BCUT2D eigenvalue weighted by Gasteiger charge is 2.40. The predicted octanol–water partition coefficient (Wildman–Crippen LogP) is 2.83. The van der Waals surface area contributed by atoms with Crippen molar-refractivity contribution in [3.05, 3.63) is 5.89 Å². The standard InChI is InChI=1S/C14H20N2O4S/c1-2-18-12(17)11-15-16-13(20-11)21-10-5-8-19-14(9-10)6-3-4-7-14/h10H,2-9H2,1H3. The molecule has 0 radical (unpaired) electrons. The Morgan fingerprint density at radius 3 is 3.00 bits per heavy atom. The molecule has 0 amide bonds. The van der Waals surface area contributed by atoms with Crippen LogP contribution in [0.4, 0.5) is 0 Å². The van der Waals surface area contributed by atoms with Gasteiger partial charge in [-0.3, -0.25) is 0 Å². The first kappa shape index (κ1) is 14.8. The minimum absolute atomic E-state index is 0.0676. The number of carbonyl (C=O) groups excluding carboxylic acids is 1. The lowest BCUT2D eigenvalue weighted by Gasteiger charge is -2.37. The first-order valence-corrected chi connectivity index (χ1v) is 8.40. The molecule has 1 aliphatic heterocycles. The van der Waals surface area contributed by atoms with Crippen LogP contribution in [0.2, 0.25) is 0 Å². The third-order valence-corrected chi connectivity index (χ3v) is 5.19. The molecule has 1 atom stereocenters. The summed E-state index contributed by atoms with van der Waals surface area (Å²) in [6.07, 6.45) is 6.82. The van der Waals surface area contributed by atoms with E-state index in [1.165, 1.54) is 12.8 Å². The van der Waals surface area contributed by atoms with Crippen molar-refractivity contribution in [3.63, 3.8) is 0 Å². The van der Waals surface area contributed by atoms with Crippen LogP contribution in [-0.4, -0.2) is 40.2 Å². The minimum Gasteiger partial charge on any atom is -0.459 e. The number of nitrogens with zero attached hydrogens (tertiary/aromatic N) is 2. The van der Waals surface area contributed by atoms with E-state index in [1.54, 1.807) is 18.7 Å². The number of esters is 1. The van der Waals surface area contributed by atoms with Gasteiger partial charge in [-0.2, -0.15) is 0 Å². The summed E-state index contributed by atoms with van der Waals surface area (Å²) in [5.74, 6) is -0.627. The number of rotatable bonds is 4. The third kappa shape index (κ3) is 3.40. The molecule has 0 bridgehead atoms. The molecule has 2 heterocycles. The van der Waals surface area contributed by atoms with E-state index in [-0.39, 0.29) is 11.5 Å². The van der Waals surface area contributed by atoms with Crippen LogP contribution in [0.15, 0.2) is 9.64 Å². The van der Waals surface area contributed by atoms with Gasteiger partial charge >= 0.3 is 11.9 Å². The van der Waals surface area contributed by atoms with E-state index >= 15 is 0 Å². The molecule has 6 nitrogen and oxygen atoms in total. The maximum atomic E-state index is 11.5. The lowest BCUT2D eigenvalue weighted by molar-refractivity contribution is -0.0704. The van der Waals surface area contributed by atoms with Gasteiger partial charge in [0.1, 0.15) is 0 Å². The highest BCUT2D eigenvalue weighted by Crippen LogP contribution is 2.44. The number of aromatic nitrogens is 2. The number of hydrogen-bond donors (Lipinski definition) is 0. The van der Waals surface area contributed by atoms with Gasteiger partial charge in [0.25, 0.3) is 5.22 Å². The topological polar surface area (TPSA) is 74.5 Å². The van der Waals surface area contributed by atoms with Crippen molar-refractivity contribution >= 4 is 17.7 Å². The molecule has 7 heteroatoms. The van der Waals surface area contributed by atoms with Gasteiger partial charge in [0.15, 0.2) is 0 Å². The second kappa shape index (κ2) is 6.36. The molecule has 21 heavy (non-hydrogen) atoms. The van der Waals surface area contributed by atoms with Crippen LogP contribution in [0.5, 0.6) is 0 Å². The van der Waals surface area contributed by atoms with Gasteiger partial charge in [-0.15, -0.1) is 5.10 Å². The highest BCUT2D eigenvalue weighted by molar-refractivity contribution is 7.99. The van der Waals surface area contributed by atoms with E-state index in [0.29, 0.717) is 17.1 Å². The smallest absolute Gasteiger partial charge is 0.396 e. The van der Waals surface area contributed by atoms with E-state index in [1.807, 2.05) is 0 Å². The largest absolute Gasteiger partial charge is 0.459 e. The molecule has 1 saturated carbocycles. The summed E-state index contributed by atoms with van der Waals surface area (Å²) in [6.45, 7) is 2.83. The van der Waals surface area contributed by atoms with Crippen LogP contribution < -0.4 is 0 Å². The Labute approximate surface area is 128 Å². The van der Waals surface area contributed by atoms with Crippen LogP contribution in [0.3, 0.4) is 0 Å². The monoisotopic (exact) mass is 312 g/mol. The van der Waals surface area contributed by atoms with E-state index in [0.717, 1.165) is 32.3 Å². The molecule has 3 rings (SSSR count). The normalized spacial score (nSPS) is 24.3. The van der Waals surface area contributed by atoms with Gasteiger partial charge in [0.2, 0.25) is 0 Å². The Kier molecular flexibility index (Phi) is 4.49. The Hall–Kier alpha value is -1.08. The number of hydrogen-bond acceptors (Lipinski definition) is 7. The molecule has 0 N–H and O–H groups in total. The molecule has 1 aromatic heterocycles. The maximum Gasteiger partial charge on any atom is 0.396 e. The Morgan fingerprint density at radius 1 is 1.43 bits per heavy atom. The second-order valence-electron chi connectivity index (χ2n) is 5.56. The zero-order chi connectivity index (χ0) is 14.7. The van der Waals surface area contributed by atoms with Crippen molar-refractivity contribution in [3.8, 4) is 0 Å². The molecule has 1 aromatic rings. The maximum absolute atomic E-state index is 11.5. The summed E-state index contributed by atoms with van der Waals surface area (Å²) in [5.41, 5.74) is 0.0694. The molecule has 1 aliphatic carbocycles. The number of carbonyl (C=O) groups is 1. The highest BCUT2D eigenvalue weighted by atomic mass is 32.2. The average Bonchev–Trinajstić information content (AvgIpc) is 3.10. The first-order chi connectivity index (χ1) is 10.2. The zero-order valence-electron chi connectivity index (χ0n) is 12.2. The summed E-state index contributed by atoms with van der Waals surface area (Å²) in [7, 11) is 0. The molecular formula is C14H20N2O4S. The molecule has 1 saturated heterocycles. The fourth-order valence-electron chi connectivity index (χ4n) is 3.13. The van der Waals surface area contributed by atoms with Crippen molar-refractivity contribution in [2.75, 3.05) is 13.2 Å². The Bertz CT molecular complexity index is 499. The minimum atomic E-state index is -0.559. The molecule has 2 fully saturated rings. The summed E-state index contributed by atoms with van der Waals surface area (Å²) in [5, 5.41) is 8.53. The van der Waals surface area contributed by atoms with Crippen LogP contribution in [0.1, 0.15) is 56.1 Å². The van der Waals surface area contributed by atoms with E-state index < -0.39 is 5.97 Å². The summed E-state index contributed by atoms with van der Waals surface area (Å²) in [6, 6.07) is 0. The fraction of sp³-hybridized carbons (Fsp3) is 0.786. The van der Waals surface area contributed by atoms with Gasteiger partial charge in [-0.25, -0.2) is 4.79 Å².